The maximum absolute atomic E-state index is 5.35. The van der Waals surface area contributed by atoms with Gasteiger partial charge in [0.1, 0.15) is 5.75 Å². The molecule has 0 amide bonds. The third-order valence-electron chi connectivity index (χ3n) is 2.84. The van der Waals surface area contributed by atoms with Gasteiger partial charge in [-0.25, -0.2) is 0 Å². The van der Waals surface area contributed by atoms with E-state index in [1.807, 2.05) is 6.20 Å². The molecule has 2 heterocycles. The van der Waals surface area contributed by atoms with Gasteiger partial charge in [-0.15, -0.1) is 0 Å². The lowest BCUT2D eigenvalue weighted by Gasteiger charge is -2.00. The molecule has 0 unspecified atom stereocenters. The summed E-state index contributed by atoms with van der Waals surface area (Å²) in [6, 6.07) is 6.35. The number of pyridine rings is 1. The molecule has 0 bridgehead atoms. The summed E-state index contributed by atoms with van der Waals surface area (Å²) in [7, 11) is 1.67. The number of ether oxygens (including phenoxy) is 1. The monoisotopic (exact) mass is 212 g/mol. The van der Waals surface area contributed by atoms with Gasteiger partial charge in [-0.05, 0) is 19.1 Å². The van der Waals surface area contributed by atoms with Gasteiger partial charge in [0, 0.05) is 10.9 Å². The molecule has 0 radical (unpaired) electrons. The van der Waals surface area contributed by atoms with Crippen LogP contribution in [-0.4, -0.2) is 17.1 Å². The molecule has 0 atom stereocenters. The van der Waals surface area contributed by atoms with E-state index in [1.165, 1.54) is 10.9 Å². The normalized spacial score (nSPS) is 11.1. The third-order valence-corrected chi connectivity index (χ3v) is 2.84. The van der Waals surface area contributed by atoms with E-state index in [0.717, 1.165) is 22.2 Å². The highest BCUT2D eigenvalue weighted by Gasteiger charge is 2.09. The number of hydrogen-bond donors (Lipinski definition) is 1. The summed E-state index contributed by atoms with van der Waals surface area (Å²) < 4.78 is 5.35. The first-order valence-corrected chi connectivity index (χ1v) is 5.19. The van der Waals surface area contributed by atoms with Crippen LogP contribution in [-0.2, 0) is 0 Å². The molecule has 80 valence electrons. The smallest absolute Gasteiger partial charge is 0.147 e. The SMILES string of the molecule is COc1cncc2[nH]c3ccc(C)cc3c12. The van der Waals surface area contributed by atoms with E-state index in [9.17, 15) is 0 Å². The number of rotatable bonds is 1. The fourth-order valence-electron chi connectivity index (χ4n) is 2.09. The molecule has 0 aliphatic rings. The predicted molar refractivity (Wildman–Crippen MR) is 64.9 cm³/mol. The zero-order valence-electron chi connectivity index (χ0n) is 9.24. The van der Waals surface area contributed by atoms with E-state index in [0.29, 0.717) is 0 Å². The number of nitrogens with zero attached hydrogens (tertiary/aromatic N) is 1. The van der Waals surface area contributed by atoms with Crippen molar-refractivity contribution in [1.29, 1.82) is 0 Å². The van der Waals surface area contributed by atoms with Crippen molar-refractivity contribution in [3.05, 3.63) is 36.2 Å². The molecule has 3 heteroatoms. The van der Waals surface area contributed by atoms with E-state index >= 15 is 0 Å². The Morgan fingerprint density at radius 2 is 2.06 bits per heavy atom. The molecular formula is C13H12N2O. The predicted octanol–water partition coefficient (Wildman–Crippen LogP) is 3.03. The molecule has 0 fully saturated rings. The van der Waals surface area contributed by atoms with E-state index < -0.39 is 0 Å². The van der Waals surface area contributed by atoms with Crippen LogP contribution >= 0.6 is 0 Å². The maximum Gasteiger partial charge on any atom is 0.147 e. The zero-order valence-corrected chi connectivity index (χ0v) is 9.24. The van der Waals surface area contributed by atoms with E-state index in [2.05, 4.69) is 35.1 Å². The maximum atomic E-state index is 5.35. The summed E-state index contributed by atoms with van der Waals surface area (Å²) in [5, 5.41) is 2.30. The van der Waals surface area contributed by atoms with Crippen LogP contribution in [0.3, 0.4) is 0 Å². The van der Waals surface area contributed by atoms with Gasteiger partial charge in [0.2, 0.25) is 0 Å². The largest absolute Gasteiger partial charge is 0.494 e. The van der Waals surface area contributed by atoms with Crippen LogP contribution in [0.15, 0.2) is 30.6 Å². The summed E-state index contributed by atoms with van der Waals surface area (Å²) >= 11 is 0. The molecule has 0 saturated heterocycles. The Hall–Kier alpha value is -2.03. The zero-order chi connectivity index (χ0) is 11.1. The lowest BCUT2D eigenvalue weighted by molar-refractivity contribution is 0.418. The summed E-state index contributed by atoms with van der Waals surface area (Å²) in [6.07, 6.45) is 3.57. The van der Waals surface area contributed by atoms with E-state index in [-0.39, 0.29) is 0 Å². The number of aromatic amines is 1. The summed E-state index contributed by atoms with van der Waals surface area (Å²) in [5.74, 6) is 0.814. The minimum absolute atomic E-state index is 0.814. The molecule has 0 aliphatic heterocycles. The molecule has 1 aromatic carbocycles. The average Bonchev–Trinajstić information content (AvgIpc) is 2.66. The highest BCUT2D eigenvalue weighted by Crippen LogP contribution is 2.32. The number of methoxy groups -OCH3 is 1. The molecule has 3 nitrogen and oxygen atoms in total. The highest BCUT2D eigenvalue weighted by atomic mass is 16.5. The van der Waals surface area contributed by atoms with Gasteiger partial charge in [0.15, 0.2) is 0 Å². The summed E-state index contributed by atoms with van der Waals surface area (Å²) in [4.78, 5) is 7.48. The summed E-state index contributed by atoms with van der Waals surface area (Å²) in [5.41, 5.74) is 3.37. The van der Waals surface area contributed by atoms with Crippen molar-refractivity contribution in [2.24, 2.45) is 0 Å². The minimum atomic E-state index is 0.814. The van der Waals surface area contributed by atoms with Gasteiger partial charge >= 0.3 is 0 Å². The quantitative estimate of drug-likeness (QED) is 0.673. The number of fused-ring (bicyclic) bond motifs is 3. The first kappa shape index (κ1) is 9.21. The lowest BCUT2D eigenvalue weighted by atomic mass is 10.1. The van der Waals surface area contributed by atoms with Gasteiger partial charge in [0.05, 0.1) is 30.4 Å². The van der Waals surface area contributed by atoms with Crippen molar-refractivity contribution in [3.63, 3.8) is 0 Å². The number of aryl methyl sites for hydroxylation is 1. The highest BCUT2D eigenvalue weighted by molar-refractivity contribution is 6.10. The van der Waals surface area contributed by atoms with Crippen LogP contribution in [0.25, 0.3) is 21.8 Å². The Bertz CT molecular complexity index is 670. The van der Waals surface area contributed by atoms with Gasteiger partial charge in [-0.1, -0.05) is 11.6 Å². The van der Waals surface area contributed by atoms with Gasteiger partial charge in [0.25, 0.3) is 0 Å². The van der Waals surface area contributed by atoms with Crippen molar-refractivity contribution in [2.45, 2.75) is 6.92 Å². The first-order valence-electron chi connectivity index (χ1n) is 5.19. The standard InChI is InChI=1S/C13H12N2O/c1-8-3-4-10-9(5-8)13-11(15-10)6-14-7-12(13)16-2/h3-7,15H,1-2H3. The number of H-pyrrole nitrogens is 1. The van der Waals surface area contributed by atoms with Gasteiger partial charge < -0.3 is 9.72 Å². The van der Waals surface area contributed by atoms with Crippen LogP contribution in [0.2, 0.25) is 0 Å². The number of nitrogens with one attached hydrogen (secondary N) is 1. The van der Waals surface area contributed by atoms with Crippen LogP contribution in [0.1, 0.15) is 5.56 Å². The van der Waals surface area contributed by atoms with Gasteiger partial charge in [-0.3, -0.25) is 4.98 Å². The van der Waals surface area contributed by atoms with Crippen LogP contribution < -0.4 is 4.74 Å². The fourth-order valence-corrected chi connectivity index (χ4v) is 2.09. The second-order valence-corrected chi connectivity index (χ2v) is 3.94. The average molecular weight is 212 g/mol. The summed E-state index contributed by atoms with van der Waals surface area (Å²) in [6.45, 7) is 2.09. The molecule has 3 rings (SSSR count). The van der Waals surface area contributed by atoms with Crippen molar-refractivity contribution in [2.75, 3.05) is 7.11 Å². The third kappa shape index (κ3) is 1.18. The fraction of sp³-hybridized carbons (Fsp3) is 0.154. The molecular weight excluding hydrogens is 200 g/mol. The number of aromatic nitrogens is 2. The second-order valence-electron chi connectivity index (χ2n) is 3.94. The molecule has 2 aromatic heterocycles. The van der Waals surface area contributed by atoms with Gasteiger partial charge in [-0.2, -0.15) is 0 Å². The van der Waals surface area contributed by atoms with Crippen LogP contribution in [0, 0.1) is 6.92 Å². The lowest BCUT2D eigenvalue weighted by Crippen LogP contribution is -1.84. The number of hydrogen-bond acceptors (Lipinski definition) is 2. The molecule has 16 heavy (non-hydrogen) atoms. The Balaban J connectivity index is 2.54. The van der Waals surface area contributed by atoms with Crippen molar-refractivity contribution in [3.8, 4) is 5.75 Å². The molecule has 1 N–H and O–H groups in total. The molecule has 3 aromatic rings. The Morgan fingerprint density at radius 3 is 2.88 bits per heavy atom. The van der Waals surface area contributed by atoms with Crippen LogP contribution in [0.5, 0.6) is 5.75 Å². The van der Waals surface area contributed by atoms with Crippen molar-refractivity contribution < 1.29 is 4.74 Å². The minimum Gasteiger partial charge on any atom is -0.494 e. The topological polar surface area (TPSA) is 37.9 Å². The van der Waals surface area contributed by atoms with E-state index in [1.54, 1.807) is 13.3 Å². The Morgan fingerprint density at radius 1 is 1.19 bits per heavy atom. The molecule has 0 saturated carbocycles. The Kier molecular flexibility index (Phi) is 1.86. The van der Waals surface area contributed by atoms with Crippen molar-refractivity contribution in [1.82, 2.24) is 9.97 Å². The molecule has 0 spiro atoms. The van der Waals surface area contributed by atoms with Crippen molar-refractivity contribution >= 4 is 21.8 Å². The number of benzene rings is 1. The Labute approximate surface area is 93.1 Å². The molecule has 0 aliphatic carbocycles. The second kappa shape index (κ2) is 3.23. The van der Waals surface area contributed by atoms with Crippen LogP contribution in [0.4, 0.5) is 0 Å². The first-order chi connectivity index (χ1) is 7.79. The van der Waals surface area contributed by atoms with E-state index in [4.69, 9.17) is 4.74 Å².